The van der Waals surface area contributed by atoms with Crippen molar-refractivity contribution in [3.8, 4) is 0 Å². The molecule has 4 unspecified atom stereocenters. The second-order valence-electron chi connectivity index (χ2n) is 9.44. The van der Waals surface area contributed by atoms with Gasteiger partial charge in [-0.15, -0.1) is 0 Å². The summed E-state index contributed by atoms with van der Waals surface area (Å²) in [6.45, 7) is 1.99. The Kier molecular flexibility index (Phi) is 9.66. The molecular formula is C25H36N8O5. The quantitative estimate of drug-likeness (QED) is 0.104. The summed E-state index contributed by atoms with van der Waals surface area (Å²) in [5.74, 6) is -2.70. The zero-order chi connectivity index (χ0) is 27.8. The maximum absolute atomic E-state index is 13.8. The largest absolute Gasteiger partial charge is 0.480 e. The van der Waals surface area contributed by atoms with Gasteiger partial charge in [0.15, 0.2) is 5.96 Å². The summed E-state index contributed by atoms with van der Waals surface area (Å²) in [7, 11) is 0. The van der Waals surface area contributed by atoms with Gasteiger partial charge in [-0.1, -0.05) is 18.2 Å². The molecule has 10 N–H and O–H groups in total. The molecule has 0 aliphatic carbocycles. The van der Waals surface area contributed by atoms with E-state index in [4.69, 9.17) is 22.3 Å². The van der Waals surface area contributed by atoms with Crippen LogP contribution in [0.15, 0.2) is 35.5 Å². The summed E-state index contributed by atoms with van der Waals surface area (Å²) < 4.78 is 0. The standard InChI is InChI=1S/C25H36N8O5/c1-14(24(37)38)31-22(35)20-9-5-11-33(20)23(36)19(12-15-13-30-18-8-3-2-6-16(15)18)32-21(34)17(26)7-4-10-29-25(27)28/h2-3,6,8,13-14,17,19-20,30H,4-5,7,9-12,26H2,1H3,(H,31,35)(H,32,34)(H,37,38)(H4,27,28,29). The molecule has 0 radical (unpaired) electrons. The minimum absolute atomic E-state index is 0.0469. The number of benzene rings is 1. The molecule has 38 heavy (non-hydrogen) atoms. The van der Waals surface area contributed by atoms with Gasteiger partial charge in [0, 0.05) is 36.6 Å². The third-order valence-electron chi connectivity index (χ3n) is 6.59. The molecule has 3 rings (SSSR count). The van der Waals surface area contributed by atoms with E-state index in [1.54, 1.807) is 6.20 Å². The first-order chi connectivity index (χ1) is 18.1. The van der Waals surface area contributed by atoms with Crippen molar-refractivity contribution >= 4 is 40.6 Å². The van der Waals surface area contributed by atoms with Gasteiger partial charge in [-0.05, 0) is 44.2 Å². The average Bonchev–Trinajstić information content (AvgIpc) is 3.53. The Morgan fingerprint density at radius 2 is 1.95 bits per heavy atom. The Balaban J connectivity index is 1.78. The lowest BCUT2D eigenvalue weighted by atomic mass is 10.0. The van der Waals surface area contributed by atoms with Gasteiger partial charge in [-0.2, -0.15) is 0 Å². The number of aliphatic imine (C=N–C) groups is 1. The fourth-order valence-corrected chi connectivity index (χ4v) is 4.52. The lowest BCUT2D eigenvalue weighted by Gasteiger charge is -2.29. The summed E-state index contributed by atoms with van der Waals surface area (Å²) in [4.78, 5) is 59.2. The highest BCUT2D eigenvalue weighted by atomic mass is 16.4. The first-order valence-corrected chi connectivity index (χ1v) is 12.6. The number of carboxylic acids is 1. The Labute approximate surface area is 220 Å². The van der Waals surface area contributed by atoms with Crippen molar-refractivity contribution in [1.29, 1.82) is 0 Å². The highest BCUT2D eigenvalue weighted by Crippen LogP contribution is 2.23. The molecule has 1 saturated heterocycles. The normalized spacial score (nSPS) is 17.4. The predicted octanol–water partition coefficient (Wildman–Crippen LogP) is -0.844. The van der Waals surface area contributed by atoms with Gasteiger partial charge in [0.1, 0.15) is 18.1 Å². The molecule has 1 aliphatic rings. The first-order valence-electron chi connectivity index (χ1n) is 12.6. The summed E-state index contributed by atoms with van der Waals surface area (Å²) in [5, 5.41) is 15.3. The van der Waals surface area contributed by atoms with Crippen molar-refractivity contribution in [2.45, 2.75) is 63.2 Å². The molecule has 0 saturated carbocycles. The van der Waals surface area contributed by atoms with Crippen molar-refractivity contribution in [2.24, 2.45) is 22.2 Å². The van der Waals surface area contributed by atoms with E-state index in [-0.39, 0.29) is 12.4 Å². The van der Waals surface area contributed by atoms with Crippen molar-refractivity contribution in [2.75, 3.05) is 13.1 Å². The molecular weight excluding hydrogens is 492 g/mol. The highest BCUT2D eigenvalue weighted by Gasteiger charge is 2.39. The number of hydrogen-bond acceptors (Lipinski definition) is 6. The van der Waals surface area contributed by atoms with Crippen molar-refractivity contribution < 1.29 is 24.3 Å². The number of amides is 3. The number of para-hydroxylation sites is 1. The summed E-state index contributed by atoms with van der Waals surface area (Å²) in [6.07, 6.45) is 3.70. The Bertz CT molecular complexity index is 1190. The van der Waals surface area contributed by atoms with E-state index in [0.29, 0.717) is 38.8 Å². The number of rotatable bonds is 12. The summed E-state index contributed by atoms with van der Waals surface area (Å²) >= 11 is 0. The molecule has 1 aliphatic heterocycles. The van der Waals surface area contributed by atoms with Gasteiger partial charge < -0.3 is 42.8 Å². The van der Waals surface area contributed by atoms with E-state index in [2.05, 4.69) is 20.6 Å². The molecule has 13 heteroatoms. The van der Waals surface area contributed by atoms with Crippen LogP contribution in [-0.4, -0.2) is 81.9 Å². The molecule has 206 valence electrons. The number of nitrogens with one attached hydrogen (secondary N) is 3. The van der Waals surface area contributed by atoms with Gasteiger partial charge in [-0.25, -0.2) is 0 Å². The molecule has 13 nitrogen and oxygen atoms in total. The highest BCUT2D eigenvalue weighted by molar-refractivity contribution is 5.95. The number of carbonyl (C=O) groups is 4. The monoisotopic (exact) mass is 528 g/mol. The third kappa shape index (κ3) is 7.22. The molecule has 1 aromatic carbocycles. The zero-order valence-corrected chi connectivity index (χ0v) is 21.4. The molecule has 1 aromatic heterocycles. The van der Waals surface area contributed by atoms with Gasteiger partial charge in [0.05, 0.1) is 6.04 Å². The smallest absolute Gasteiger partial charge is 0.325 e. The molecule has 3 amide bonds. The minimum Gasteiger partial charge on any atom is -0.480 e. The van der Waals surface area contributed by atoms with Gasteiger partial charge in [-0.3, -0.25) is 24.2 Å². The Morgan fingerprint density at radius 1 is 1.21 bits per heavy atom. The van der Waals surface area contributed by atoms with Gasteiger partial charge in [0.2, 0.25) is 17.7 Å². The van der Waals surface area contributed by atoms with E-state index in [0.717, 1.165) is 16.5 Å². The van der Waals surface area contributed by atoms with Crippen LogP contribution < -0.4 is 27.8 Å². The fraction of sp³-hybridized carbons (Fsp3) is 0.480. The molecule has 1 fully saturated rings. The second kappa shape index (κ2) is 12.9. The minimum atomic E-state index is -1.17. The number of carboxylic acid groups (broad SMARTS) is 1. The number of nitrogens with two attached hydrogens (primary N) is 3. The van der Waals surface area contributed by atoms with Crippen LogP contribution in [0.2, 0.25) is 0 Å². The van der Waals surface area contributed by atoms with E-state index in [1.807, 2.05) is 24.3 Å². The predicted molar refractivity (Wildman–Crippen MR) is 142 cm³/mol. The Hall–Kier alpha value is -4.13. The number of guanidine groups is 1. The van der Waals surface area contributed by atoms with Crippen LogP contribution in [0.1, 0.15) is 38.2 Å². The van der Waals surface area contributed by atoms with E-state index in [1.165, 1.54) is 11.8 Å². The van der Waals surface area contributed by atoms with Crippen LogP contribution in [0.25, 0.3) is 10.9 Å². The average molecular weight is 529 g/mol. The third-order valence-corrected chi connectivity index (χ3v) is 6.59. The molecule has 4 atom stereocenters. The number of fused-ring (bicyclic) bond motifs is 1. The van der Waals surface area contributed by atoms with Crippen molar-refractivity contribution in [1.82, 2.24) is 20.5 Å². The maximum atomic E-state index is 13.8. The zero-order valence-electron chi connectivity index (χ0n) is 21.4. The van der Waals surface area contributed by atoms with Crippen LogP contribution >= 0.6 is 0 Å². The number of H-pyrrole nitrogens is 1. The van der Waals surface area contributed by atoms with Crippen LogP contribution in [0, 0.1) is 0 Å². The SMILES string of the molecule is CC(NC(=O)C1CCCN1C(=O)C(Cc1c[nH]c2ccccc12)NC(=O)C(N)CCCN=C(N)N)C(=O)O. The summed E-state index contributed by atoms with van der Waals surface area (Å²) in [6, 6.07) is 3.78. The number of nitrogens with zero attached hydrogens (tertiary/aromatic N) is 2. The van der Waals surface area contributed by atoms with Gasteiger partial charge >= 0.3 is 5.97 Å². The van der Waals surface area contributed by atoms with Gasteiger partial charge in [0.25, 0.3) is 0 Å². The number of aromatic amines is 1. The lowest BCUT2D eigenvalue weighted by molar-refractivity contribution is -0.144. The van der Waals surface area contributed by atoms with Crippen LogP contribution in [-0.2, 0) is 25.6 Å². The Morgan fingerprint density at radius 3 is 2.66 bits per heavy atom. The van der Waals surface area contributed by atoms with E-state index in [9.17, 15) is 19.2 Å². The molecule has 2 aromatic rings. The van der Waals surface area contributed by atoms with Crippen LogP contribution in [0.4, 0.5) is 0 Å². The number of aliphatic carboxylic acids is 1. The lowest BCUT2D eigenvalue weighted by Crippen LogP contribution is -2.57. The molecule has 2 heterocycles. The van der Waals surface area contributed by atoms with Crippen LogP contribution in [0.5, 0.6) is 0 Å². The number of aromatic nitrogens is 1. The second-order valence-corrected chi connectivity index (χ2v) is 9.44. The number of hydrogen-bond donors (Lipinski definition) is 7. The first kappa shape index (κ1) is 28.4. The maximum Gasteiger partial charge on any atom is 0.325 e. The topological polar surface area (TPSA) is 222 Å². The van der Waals surface area contributed by atoms with Crippen molar-refractivity contribution in [3.63, 3.8) is 0 Å². The number of likely N-dealkylation sites (tertiary alicyclic amines) is 1. The number of carbonyl (C=O) groups excluding carboxylic acids is 3. The fourth-order valence-electron chi connectivity index (χ4n) is 4.52. The van der Waals surface area contributed by atoms with Crippen LogP contribution in [0.3, 0.4) is 0 Å². The molecule has 0 spiro atoms. The molecule has 0 bridgehead atoms. The summed E-state index contributed by atoms with van der Waals surface area (Å²) in [5.41, 5.74) is 18.4. The van der Waals surface area contributed by atoms with E-state index >= 15 is 0 Å². The van der Waals surface area contributed by atoms with Crippen molar-refractivity contribution in [3.05, 3.63) is 36.0 Å². The van der Waals surface area contributed by atoms with E-state index < -0.39 is 47.9 Å².